The van der Waals surface area contributed by atoms with Gasteiger partial charge in [-0.25, -0.2) is 4.39 Å². The molecule has 0 amide bonds. The summed E-state index contributed by atoms with van der Waals surface area (Å²) in [5.41, 5.74) is 0.767. The Morgan fingerprint density at radius 1 is 1.15 bits per heavy atom. The highest BCUT2D eigenvalue weighted by Gasteiger charge is 2.27. The van der Waals surface area contributed by atoms with Crippen LogP contribution in [0.1, 0.15) is 16.5 Å². The lowest BCUT2D eigenvalue weighted by Gasteiger charge is -2.34. The second-order valence-electron chi connectivity index (χ2n) is 4.85. The van der Waals surface area contributed by atoms with Gasteiger partial charge in [-0.2, -0.15) is 0 Å². The molecule has 1 N–H and O–H groups in total. The Morgan fingerprint density at radius 3 is 2.55 bits per heavy atom. The summed E-state index contributed by atoms with van der Waals surface area (Å²) < 4.78 is 15.3. The molecule has 2 nitrogen and oxygen atoms in total. The third-order valence-electron chi connectivity index (χ3n) is 3.58. The van der Waals surface area contributed by atoms with Crippen molar-refractivity contribution in [3.05, 3.63) is 56.4 Å². The second kappa shape index (κ2) is 6.35. The molecule has 1 aromatic heterocycles. The Kier molecular flexibility index (Phi) is 4.51. The van der Waals surface area contributed by atoms with Gasteiger partial charge in [-0.05, 0) is 34.1 Å². The first-order valence-corrected chi connectivity index (χ1v) is 8.31. The monoisotopic (exact) mass is 354 g/mol. The van der Waals surface area contributed by atoms with E-state index in [1.54, 1.807) is 23.5 Å². The zero-order chi connectivity index (χ0) is 13.9. The van der Waals surface area contributed by atoms with Crippen LogP contribution in [0.4, 0.5) is 4.39 Å². The van der Waals surface area contributed by atoms with Crippen LogP contribution in [0.25, 0.3) is 0 Å². The van der Waals surface area contributed by atoms with Crippen molar-refractivity contribution in [1.29, 1.82) is 0 Å². The first-order chi connectivity index (χ1) is 9.75. The summed E-state index contributed by atoms with van der Waals surface area (Å²) in [5.74, 6) is -0.124. The number of nitrogens with zero attached hydrogens (tertiary/aromatic N) is 1. The molecule has 0 saturated carbocycles. The van der Waals surface area contributed by atoms with Gasteiger partial charge in [-0.3, -0.25) is 4.90 Å². The fraction of sp³-hybridized carbons (Fsp3) is 0.333. The van der Waals surface area contributed by atoms with Crippen LogP contribution in [0.5, 0.6) is 0 Å². The summed E-state index contributed by atoms with van der Waals surface area (Å²) >= 11 is 5.19. The third kappa shape index (κ3) is 2.96. The van der Waals surface area contributed by atoms with Crippen LogP contribution < -0.4 is 5.32 Å². The zero-order valence-corrected chi connectivity index (χ0v) is 13.4. The van der Waals surface area contributed by atoms with Crippen molar-refractivity contribution in [2.75, 3.05) is 26.2 Å². The molecule has 0 aliphatic carbocycles. The molecule has 1 aromatic carbocycles. The highest BCUT2D eigenvalue weighted by molar-refractivity contribution is 9.11. The Bertz CT molecular complexity index is 581. The minimum absolute atomic E-state index is 0.00889. The first-order valence-electron chi connectivity index (χ1n) is 6.70. The maximum absolute atomic E-state index is 14.2. The average molecular weight is 355 g/mol. The van der Waals surface area contributed by atoms with Crippen molar-refractivity contribution < 1.29 is 4.39 Å². The molecule has 0 bridgehead atoms. The molecular formula is C15H16BrFN2S. The fourth-order valence-corrected chi connectivity index (χ4v) is 4.22. The van der Waals surface area contributed by atoms with Crippen LogP contribution >= 0.6 is 27.3 Å². The Hall–Kier alpha value is -0.750. The van der Waals surface area contributed by atoms with Gasteiger partial charge in [-0.15, -0.1) is 11.3 Å². The van der Waals surface area contributed by atoms with E-state index in [9.17, 15) is 4.39 Å². The van der Waals surface area contributed by atoms with Crippen LogP contribution in [0.15, 0.2) is 40.2 Å². The number of rotatable bonds is 3. The van der Waals surface area contributed by atoms with Crippen molar-refractivity contribution >= 4 is 27.3 Å². The number of thiophene rings is 1. The molecule has 0 spiro atoms. The maximum Gasteiger partial charge on any atom is 0.128 e. The molecule has 1 atom stereocenters. The third-order valence-corrected chi connectivity index (χ3v) is 5.26. The lowest BCUT2D eigenvalue weighted by molar-refractivity contribution is 0.197. The van der Waals surface area contributed by atoms with Gasteiger partial charge < -0.3 is 5.32 Å². The lowest BCUT2D eigenvalue weighted by Crippen LogP contribution is -2.45. The predicted octanol–water partition coefficient (Wildman–Crippen LogP) is 3.64. The molecule has 1 unspecified atom stereocenters. The quantitative estimate of drug-likeness (QED) is 0.904. The highest BCUT2D eigenvalue weighted by atomic mass is 79.9. The van der Waals surface area contributed by atoms with E-state index in [0.717, 1.165) is 35.5 Å². The Morgan fingerprint density at radius 2 is 1.90 bits per heavy atom. The van der Waals surface area contributed by atoms with Crippen molar-refractivity contribution in [3.63, 3.8) is 0 Å². The van der Waals surface area contributed by atoms with Gasteiger partial charge >= 0.3 is 0 Å². The van der Waals surface area contributed by atoms with Crippen molar-refractivity contribution in [3.8, 4) is 0 Å². The lowest BCUT2D eigenvalue weighted by atomic mass is 10.0. The topological polar surface area (TPSA) is 15.3 Å². The summed E-state index contributed by atoms with van der Waals surface area (Å²) in [6.07, 6.45) is 0. The number of benzene rings is 1. The van der Waals surface area contributed by atoms with Crippen molar-refractivity contribution in [2.24, 2.45) is 0 Å². The smallest absolute Gasteiger partial charge is 0.128 e. The average Bonchev–Trinajstić information content (AvgIpc) is 2.89. The number of halogens is 2. The maximum atomic E-state index is 14.2. The van der Waals surface area contributed by atoms with E-state index in [1.165, 1.54) is 4.88 Å². The second-order valence-corrected chi connectivity index (χ2v) is 7.35. The molecule has 3 rings (SSSR count). The number of piperazine rings is 1. The van der Waals surface area contributed by atoms with Crippen LogP contribution in [0, 0.1) is 5.82 Å². The van der Waals surface area contributed by atoms with E-state index >= 15 is 0 Å². The molecule has 2 heterocycles. The largest absolute Gasteiger partial charge is 0.314 e. The van der Waals surface area contributed by atoms with Gasteiger partial charge in [0.2, 0.25) is 0 Å². The van der Waals surface area contributed by atoms with Gasteiger partial charge in [0.1, 0.15) is 5.82 Å². The van der Waals surface area contributed by atoms with Crippen LogP contribution in [0.2, 0.25) is 0 Å². The highest BCUT2D eigenvalue weighted by Crippen LogP contribution is 2.36. The predicted molar refractivity (Wildman–Crippen MR) is 84.7 cm³/mol. The molecule has 106 valence electrons. The molecule has 20 heavy (non-hydrogen) atoms. The van der Waals surface area contributed by atoms with Crippen molar-refractivity contribution in [1.82, 2.24) is 10.2 Å². The van der Waals surface area contributed by atoms with E-state index in [2.05, 4.69) is 32.2 Å². The van der Waals surface area contributed by atoms with Gasteiger partial charge in [0.05, 0.1) is 9.83 Å². The van der Waals surface area contributed by atoms with E-state index < -0.39 is 0 Å². The van der Waals surface area contributed by atoms with Crippen LogP contribution in [-0.4, -0.2) is 31.1 Å². The molecule has 1 saturated heterocycles. The number of nitrogens with one attached hydrogen (secondary N) is 1. The normalized spacial score (nSPS) is 18.1. The van der Waals surface area contributed by atoms with E-state index in [1.807, 2.05) is 18.2 Å². The summed E-state index contributed by atoms with van der Waals surface area (Å²) in [6, 6.07) is 11.2. The van der Waals surface area contributed by atoms with Gasteiger partial charge in [-0.1, -0.05) is 18.2 Å². The molecule has 5 heteroatoms. The summed E-state index contributed by atoms with van der Waals surface area (Å²) in [5, 5.41) is 3.35. The first kappa shape index (κ1) is 14.2. The number of hydrogen-bond acceptors (Lipinski definition) is 3. The van der Waals surface area contributed by atoms with E-state index in [0.29, 0.717) is 0 Å². The summed E-state index contributed by atoms with van der Waals surface area (Å²) in [4.78, 5) is 3.54. The van der Waals surface area contributed by atoms with E-state index in [-0.39, 0.29) is 11.9 Å². The summed E-state index contributed by atoms with van der Waals surface area (Å²) in [6.45, 7) is 3.79. The summed E-state index contributed by atoms with van der Waals surface area (Å²) in [7, 11) is 0. The molecule has 1 aliphatic rings. The van der Waals surface area contributed by atoms with Gasteiger partial charge in [0.25, 0.3) is 0 Å². The molecule has 0 radical (unpaired) electrons. The van der Waals surface area contributed by atoms with Crippen LogP contribution in [-0.2, 0) is 0 Å². The molecule has 1 fully saturated rings. The van der Waals surface area contributed by atoms with Gasteiger partial charge in [0, 0.05) is 36.6 Å². The van der Waals surface area contributed by atoms with Crippen molar-refractivity contribution in [2.45, 2.75) is 6.04 Å². The molecular weight excluding hydrogens is 339 g/mol. The van der Waals surface area contributed by atoms with E-state index in [4.69, 9.17) is 0 Å². The minimum Gasteiger partial charge on any atom is -0.314 e. The van der Waals surface area contributed by atoms with Gasteiger partial charge in [0.15, 0.2) is 0 Å². The number of hydrogen-bond donors (Lipinski definition) is 1. The standard InChI is InChI=1S/C15H16BrFN2S/c16-14-6-5-13(20-14)15(19-9-7-18-8-10-19)11-3-1-2-4-12(11)17/h1-6,15,18H,7-10H2. The fourth-order valence-electron chi connectivity index (χ4n) is 2.64. The minimum atomic E-state index is -0.124. The zero-order valence-electron chi connectivity index (χ0n) is 11.0. The SMILES string of the molecule is Fc1ccccc1C(c1ccc(Br)s1)N1CCNCC1. The molecule has 2 aromatic rings. The Balaban J connectivity index is 2.01. The Labute approximate surface area is 130 Å². The van der Waals surface area contributed by atoms with Crippen LogP contribution in [0.3, 0.4) is 0 Å². The molecule has 1 aliphatic heterocycles.